The zero-order valence-corrected chi connectivity index (χ0v) is 12.4. The van der Waals surface area contributed by atoms with Gasteiger partial charge in [0, 0.05) is 18.2 Å². The van der Waals surface area contributed by atoms with Gasteiger partial charge in [0.25, 0.3) is 5.91 Å². The summed E-state index contributed by atoms with van der Waals surface area (Å²) in [6.07, 6.45) is 3.21. The number of amides is 1. The van der Waals surface area contributed by atoms with Crippen molar-refractivity contribution in [2.75, 3.05) is 13.7 Å². The highest BCUT2D eigenvalue weighted by Crippen LogP contribution is 2.24. The van der Waals surface area contributed by atoms with Crippen LogP contribution < -0.4 is 10.1 Å². The smallest absolute Gasteiger partial charge is 0.273 e. The predicted octanol–water partition coefficient (Wildman–Crippen LogP) is 3.27. The van der Waals surface area contributed by atoms with E-state index in [2.05, 4.69) is 17.4 Å². The monoisotopic (exact) mass is 288 g/mol. The van der Waals surface area contributed by atoms with Gasteiger partial charge in [-0.2, -0.15) is 0 Å². The first-order valence-electron chi connectivity index (χ1n) is 7.14. The summed E-state index contributed by atoms with van der Waals surface area (Å²) in [6, 6.07) is 9.07. The van der Waals surface area contributed by atoms with Crippen LogP contribution in [0, 0.1) is 0 Å². The van der Waals surface area contributed by atoms with Crippen LogP contribution in [-0.2, 0) is 0 Å². The van der Waals surface area contributed by atoms with Gasteiger partial charge in [0.05, 0.1) is 7.11 Å². The quantitative estimate of drug-likeness (QED) is 0.794. The number of methoxy groups -OCH3 is 1. The molecule has 112 valence electrons. The van der Waals surface area contributed by atoms with Crippen molar-refractivity contribution in [1.82, 2.24) is 10.5 Å². The molecule has 0 aliphatic heterocycles. The lowest BCUT2D eigenvalue weighted by Gasteiger charge is -2.01. The summed E-state index contributed by atoms with van der Waals surface area (Å²) < 4.78 is 10.4. The number of nitrogens with zero attached hydrogens (tertiary/aromatic N) is 1. The summed E-state index contributed by atoms with van der Waals surface area (Å²) in [5.41, 5.74) is 1.12. The number of nitrogens with one attached hydrogen (secondary N) is 1. The number of benzene rings is 1. The van der Waals surface area contributed by atoms with Crippen LogP contribution in [0.25, 0.3) is 11.3 Å². The van der Waals surface area contributed by atoms with Crippen LogP contribution in [0.4, 0.5) is 0 Å². The second kappa shape index (κ2) is 7.47. The maximum absolute atomic E-state index is 11.9. The summed E-state index contributed by atoms with van der Waals surface area (Å²) in [5.74, 6) is 1.08. The average Bonchev–Trinajstić information content (AvgIpc) is 3.01. The van der Waals surface area contributed by atoms with Gasteiger partial charge < -0.3 is 14.6 Å². The topological polar surface area (TPSA) is 64.4 Å². The first-order chi connectivity index (χ1) is 10.2. The van der Waals surface area contributed by atoms with E-state index in [4.69, 9.17) is 9.26 Å². The Morgan fingerprint density at radius 3 is 2.95 bits per heavy atom. The minimum absolute atomic E-state index is 0.205. The molecule has 1 aromatic carbocycles. The van der Waals surface area contributed by atoms with E-state index in [1.807, 2.05) is 24.3 Å². The van der Waals surface area contributed by atoms with Crippen molar-refractivity contribution in [1.29, 1.82) is 0 Å². The lowest BCUT2D eigenvalue weighted by molar-refractivity contribution is 0.0944. The molecule has 0 fully saturated rings. The molecule has 0 saturated heterocycles. The lowest BCUT2D eigenvalue weighted by Crippen LogP contribution is -2.24. The molecular formula is C16H20N2O3. The van der Waals surface area contributed by atoms with Crippen LogP contribution >= 0.6 is 0 Å². The first-order valence-corrected chi connectivity index (χ1v) is 7.14. The molecule has 1 aromatic heterocycles. The zero-order chi connectivity index (χ0) is 15.1. The number of aromatic nitrogens is 1. The van der Waals surface area contributed by atoms with E-state index in [0.717, 1.165) is 30.6 Å². The Hall–Kier alpha value is -2.30. The molecule has 0 aliphatic rings. The summed E-state index contributed by atoms with van der Waals surface area (Å²) >= 11 is 0. The van der Waals surface area contributed by atoms with Crippen LogP contribution in [0.15, 0.2) is 34.9 Å². The minimum Gasteiger partial charge on any atom is -0.497 e. The molecule has 5 heteroatoms. The molecule has 0 saturated carbocycles. The van der Waals surface area contributed by atoms with Crippen molar-refractivity contribution in [2.24, 2.45) is 0 Å². The number of ether oxygens (including phenoxy) is 1. The minimum atomic E-state index is -0.205. The van der Waals surface area contributed by atoms with E-state index in [0.29, 0.717) is 18.0 Å². The number of hydrogen-bond donors (Lipinski definition) is 1. The number of unbranched alkanes of at least 4 members (excludes halogenated alkanes) is 2. The maximum Gasteiger partial charge on any atom is 0.273 e. The van der Waals surface area contributed by atoms with Crippen LogP contribution in [0.3, 0.4) is 0 Å². The molecule has 0 spiro atoms. The molecule has 1 N–H and O–H groups in total. The Morgan fingerprint density at radius 2 is 2.19 bits per heavy atom. The van der Waals surface area contributed by atoms with Gasteiger partial charge in [-0.15, -0.1) is 0 Å². The molecule has 1 heterocycles. The first kappa shape index (κ1) is 15.1. The van der Waals surface area contributed by atoms with Gasteiger partial charge in [0.1, 0.15) is 5.75 Å². The number of rotatable bonds is 7. The normalized spacial score (nSPS) is 10.4. The molecule has 0 atom stereocenters. The van der Waals surface area contributed by atoms with Crippen molar-refractivity contribution in [3.63, 3.8) is 0 Å². The standard InChI is InChI=1S/C16H20N2O3/c1-3-4-5-9-17-16(19)14-11-15(21-18-14)12-7-6-8-13(10-12)20-2/h6-8,10-11H,3-5,9H2,1-2H3,(H,17,19). The highest BCUT2D eigenvalue weighted by Gasteiger charge is 2.13. The van der Waals surface area contributed by atoms with Gasteiger partial charge in [-0.05, 0) is 18.6 Å². The Labute approximate surface area is 124 Å². The van der Waals surface area contributed by atoms with Gasteiger partial charge in [0.15, 0.2) is 11.5 Å². The third kappa shape index (κ3) is 4.08. The number of carbonyl (C=O) groups is 1. The second-order valence-corrected chi connectivity index (χ2v) is 4.77. The number of carbonyl (C=O) groups excluding carboxylic acids is 1. The third-order valence-electron chi connectivity index (χ3n) is 3.16. The van der Waals surface area contributed by atoms with Crippen molar-refractivity contribution in [3.8, 4) is 17.1 Å². The van der Waals surface area contributed by atoms with Crippen molar-refractivity contribution in [2.45, 2.75) is 26.2 Å². The predicted molar refractivity (Wildman–Crippen MR) is 80.3 cm³/mol. The molecule has 0 aliphatic carbocycles. The van der Waals surface area contributed by atoms with Crippen molar-refractivity contribution < 1.29 is 14.1 Å². The summed E-state index contributed by atoms with van der Waals surface area (Å²) in [7, 11) is 1.61. The molecule has 21 heavy (non-hydrogen) atoms. The fraction of sp³-hybridized carbons (Fsp3) is 0.375. The van der Waals surface area contributed by atoms with Gasteiger partial charge in [-0.25, -0.2) is 0 Å². The number of hydrogen-bond acceptors (Lipinski definition) is 4. The molecular weight excluding hydrogens is 268 g/mol. The summed E-state index contributed by atoms with van der Waals surface area (Å²) in [5, 5.41) is 6.65. The van der Waals surface area contributed by atoms with E-state index in [1.165, 1.54) is 0 Å². The summed E-state index contributed by atoms with van der Waals surface area (Å²) in [6.45, 7) is 2.79. The Balaban J connectivity index is 2.01. The van der Waals surface area contributed by atoms with E-state index in [9.17, 15) is 4.79 Å². The third-order valence-corrected chi connectivity index (χ3v) is 3.16. The highest BCUT2D eigenvalue weighted by molar-refractivity contribution is 5.93. The molecule has 1 amide bonds. The van der Waals surface area contributed by atoms with E-state index in [-0.39, 0.29) is 5.91 Å². The Bertz CT molecular complexity index is 593. The largest absolute Gasteiger partial charge is 0.497 e. The van der Waals surface area contributed by atoms with Gasteiger partial charge in [0.2, 0.25) is 0 Å². The molecule has 0 radical (unpaired) electrons. The zero-order valence-electron chi connectivity index (χ0n) is 12.4. The SMILES string of the molecule is CCCCCNC(=O)c1cc(-c2cccc(OC)c2)on1. The van der Waals surface area contributed by atoms with E-state index < -0.39 is 0 Å². The fourth-order valence-electron chi connectivity index (χ4n) is 1.96. The molecule has 2 aromatic rings. The van der Waals surface area contributed by atoms with E-state index >= 15 is 0 Å². The molecule has 0 bridgehead atoms. The fourth-order valence-corrected chi connectivity index (χ4v) is 1.96. The average molecular weight is 288 g/mol. The second-order valence-electron chi connectivity index (χ2n) is 4.77. The van der Waals surface area contributed by atoms with Gasteiger partial charge >= 0.3 is 0 Å². The van der Waals surface area contributed by atoms with Gasteiger partial charge in [-0.1, -0.05) is 37.1 Å². The van der Waals surface area contributed by atoms with E-state index in [1.54, 1.807) is 13.2 Å². The van der Waals surface area contributed by atoms with Crippen LogP contribution in [0.2, 0.25) is 0 Å². The summed E-state index contributed by atoms with van der Waals surface area (Å²) in [4.78, 5) is 11.9. The lowest BCUT2D eigenvalue weighted by atomic mass is 10.1. The van der Waals surface area contributed by atoms with Crippen molar-refractivity contribution in [3.05, 3.63) is 36.0 Å². The highest BCUT2D eigenvalue weighted by atomic mass is 16.5. The molecule has 5 nitrogen and oxygen atoms in total. The van der Waals surface area contributed by atoms with Crippen LogP contribution in [0.1, 0.15) is 36.7 Å². The Kier molecular flexibility index (Phi) is 5.37. The maximum atomic E-state index is 11.9. The molecule has 2 rings (SSSR count). The van der Waals surface area contributed by atoms with Crippen molar-refractivity contribution >= 4 is 5.91 Å². The van der Waals surface area contributed by atoms with Crippen LogP contribution in [0.5, 0.6) is 5.75 Å². The van der Waals surface area contributed by atoms with Crippen LogP contribution in [-0.4, -0.2) is 24.7 Å². The van der Waals surface area contributed by atoms with Gasteiger partial charge in [-0.3, -0.25) is 4.79 Å². The molecule has 0 unspecified atom stereocenters. The Morgan fingerprint density at radius 1 is 1.33 bits per heavy atom.